The van der Waals surface area contributed by atoms with Crippen LogP contribution in [0.2, 0.25) is 0 Å². The fourth-order valence-electron chi connectivity index (χ4n) is 5.63. The number of nitrogens with one attached hydrogen (secondary N) is 2. The maximum Gasteiger partial charge on any atom is 0.290 e. The van der Waals surface area contributed by atoms with Crippen molar-refractivity contribution in [1.29, 1.82) is 0 Å². The summed E-state index contributed by atoms with van der Waals surface area (Å²) in [6, 6.07) is 26.0. The Morgan fingerprint density at radius 2 is 1.65 bits per heavy atom. The molecule has 1 aliphatic heterocycles. The first-order chi connectivity index (χ1) is 21.1. The highest BCUT2D eigenvalue weighted by molar-refractivity contribution is 5.94. The largest absolute Gasteiger partial charge is 0.355 e. The predicted octanol–water partition coefficient (Wildman–Crippen LogP) is 5.64. The molecular formula is C35H36N6O2. The Morgan fingerprint density at radius 1 is 0.860 bits per heavy atom. The third kappa shape index (κ3) is 6.65. The number of hydrogen-bond donors (Lipinski definition) is 2. The molecule has 1 amide bonds. The molecule has 0 saturated carbocycles. The molecule has 8 nitrogen and oxygen atoms in total. The fourth-order valence-corrected chi connectivity index (χ4v) is 5.63. The van der Waals surface area contributed by atoms with Crippen LogP contribution in [0.25, 0.3) is 33.2 Å². The van der Waals surface area contributed by atoms with E-state index in [0.717, 1.165) is 58.3 Å². The minimum Gasteiger partial charge on any atom is -0.355 e. The number of aromatic nitrogens is 3. The lowest BCUT2D eigenvalue weighted by molar-refractivity contribution is -0.120. The van der Waals surface area contributed by atoms with Crippen LogP contribution in [0.5, 0.6) is 0 Å². The van der Waals surface area contributed by atoms with Crippen molar-refractivity contribution in [2.45, 2.75) is 32.7 Å². The molecule has 8 heteroatoms. The van der Waals surface area contributed by atoms with Crippen molar-refractivity contribution in [2.75, 3.05) is 31.5 Å². The van der Waals surface area contributed by atoms with Crippen LogP contribution in [0.3, 0.4) is 0 Å². The lowest BCUT2D eigenvalue weighted by Crippen LogP contribution is -2.34. The molecule has 1 saturated heterocycles. The van der Waals surface area contributed by atoms with Crippen LogP contribution in [0, 0.1) is 0 Å². The zero-order chi connectivity index (χ0) is 29.6. The Kier molecular flexibility index (Phi) is 8.56. The van der Waals surface area contributed by atoms with E-state index in [1.807, 2.05) is 73.8 Å². The van der Waals surface area contributed by atoms with Crippen LogP contribution in [-0.4, -0.2) is 51.8 Å². The van der Waals surface area contributed by atoms with Crippen LogP contribution in [0.4, 0.5) is 11.4 Å². The van der Waals surface area contributed by atoms with Gasteiger partial charge in [0.05, 0.1) is 24.0 Å². The van der Waals surface area contributed by atoms with Gasteiger partial charge >= 0.3 is 0 Å². The number of pyridine rings is 1. The zero-order valence-electron chi connectivity index (χ0n) is 24.4. The maximum atomic E-state index is 13.2. The van der Waals surface area contributed by atoms with E-state index in [4.69, 9.17) is 0 Å². The summed E-state index contributed by atoms with van der Waals surface area (Å²) in [7, 11) is 0. The monoisotopic (exact) mass is 572 g/mol. The fraction of sp³-hybridized carbons (Fsp3) is 0.257. The minimum absolute atomic E-state index is 0.0507. The smallest absolute Gasteiger partial charge is 0.290 e. The van der Waals surface area contributed by atoms with Gasteiger partial charge in [-0.25, -0.2) is 4.68 Å². The first-order valence-electron chi connectivity index (χ1n) is 15.0. The highest BCUT2D eigenvalue weighted by Crippen LogP contribution is 2.28. The summed E-state index contributed by atoms with van der Waals surface area (Å²) in [4.78, 5) is 32.4. The van der Waals surface area contributed by atoms with E-state index in [-0.39, 0.29) is 11.5 Å². The van der Waals surface area contributed by atoms with E-state index in [2.05, 4.69) is 37.7 Å². The normalized spacial score (nSPS) is 13.3. The van der Waals surface area contributed by atoms with Gasteiger partial charge in [-0.15, -0.1) is 0 Å². The first-order valence-corrected chi connectivity index (χ1v) is 15.0. The summed E-state index contributed by atoms with van der Waals surface area (Å²) in [6.45, 7) is 6.24. The summed E-state index contributed by atoms with van der Waals surface area (Å²) in [5, 5.41) is 13.0. The lowest BCUT2D eigenvalue weighted by Gasteiger charge is -2.14. The lowest BCUT2D eigenvalue weighted by atomic mass is 9.99. The van der Waals surface area contributed by atoms with Gasteiger partial charge in [0.2, 0.25) is 5.91 Å². The van der Waals surface area contributed by atoms with Gasteiger partial charge in [0, 0.05) is 42.2 Å². The Morgan fingerprint density at radius 3 is 2.47 bits per heavy atom. The number of nitrogens with zero attached hydrogens (tertiary/aromatic N) is 4. The number of carbonyl (C=O) groups is 1. The average Bonchev–Trinajstić information content (AvgIpc) is 3.56. The highest BCUT2D eigenvalue weighted by Gasteiger charge is 2.13. The highest BCUT2D eigenvalue weighted by atomic mass is 16.1. The molecule has 3 aromatic carbocycles. The van der Waals surface area contributed by atoms with Crippen molar-refractivity contribution in [2.24, 2.45) is 0 Å². The molecule has 43 heavy (non-hydrogen) atoms. The Labute approximate surface area is 251 Å². The molecule has 1 fully saturated rings. The van der Waals surface area contributed by atoms with E-state index < -0.39 is 0 Å². The number of amides is 1. The van der Waals surface area contributed by atoms with E-state index in [9.17, 15) is 9.59 Å². The molecule has 0 radical (unpaired) electrons. The summed E-state index contributed by atoms with van der Waals surface area (Å²) in [6.07, 6.45) is 6.43. The molecule has 0 aliphatic carbocycles. The van der Waals surface area contributed by atoms with Crippen molar-refractivity contribution in [3.05, 3.63) is 107 Å². The summed E-state index contributed by atoms with van der Waals surface area (Å²) >= 11 is 0. The van der Waals surface area contributed by atoms with Crippen molar-refractivity contribution < 1.29 is 4.79 Å². The van der Waals surface area contributed by atoms with Gasteiger partial charge in [-0.2, -0.15) is 5.10 Å². The maximum absolute atomic E-state index is 13.2. The van der Waals surface area contributed by atoms with Gasteiger partial charge in [0.1, 0.15) is 5.69 Å². The summed E-state index contributed by atoms with van der Waals surface area (Å²) < 4.78 is 1.48. The quantitative estimate of drug-likeness (QED) is 0.225. The number of rotatable bonds is 10. The molecule has 0 spiro atoms. The molecule has 0 atom stereocenters. The Bertz CT molecular complexity index is 1790. The van der Waals surface area contributed by atoms with Gasteiger partial charge in [0.25, 0.3) is 5.56 Å². The summed E-state index contributed by atoms with van der Waals surface area (Å²) in [5.74, 6) is 0.0507. The van der Waals surface area contributed by atoms with E-state index >= 15 is 0 Å². The number of likely N-dealkylation sites (tertiary alicyclic amines) is 1. The van der Waals surface area contributed by atoms with Crippen molar-refractivity contribution >= 4 is 28.1 Å². The first kappa shape index (κ1) is 28.3. The number of hydrogen-bond acceptors (Lipinski definition) is 6. The van der Waals surface area contributed by atoms with Crippen LogP contribution in [-0.2, 0) is 17.8 Å². The van der Waals surface area contributed by atoms with Gasteiger partial charge < -0.3 is 15.5 Å². The van der Waals surface area contributed by atoms with Crippen molar-refractivity contribution in [3.8, 4) is 22.4 Å². The Hall–Kier alpha value is -4.82. The van der Waals surface area contributed by atoms with Crippen LogP contribution in [0.15, 0.2) is 96.1 Å². The number of benzene rings is 3. The second-order valence-electron chi connectivity index (χ2n) is 11.0. The molecule has 218 valence electrons. The predicted molar refractivity (Wildman–Crippen MR) is 172 cm³/mol. The molecule has 0 unspecified atom stereocenters. The van der Waals surface area contributed by atoms with E-state index in [0.29, 0.717) is 30.9 Å². The van der Waals surface area contributed by atoms with Crippen molar-refractivity contribution in [1.82, 2.24) is 25.0 Å². The van der Waals surface area contributed by atoms with Gasteiger partial charge in [-0.3, -0.25) is 14.6 Å². The number of anilines is 2. The molecule has 2 N–H and O–H groups in total. The number of carbonyl (C=O) groups excluding carboxylic acids is 1. The third-order valence-electron chi connectivity index (χ3n) is 7.97. The second kappa shape index (κ2) is 13.0. The SMILES string of the molecule is CCn1nc(-c2cccc(-c3ccc(CC(=O)NCCN4CCCC4)cc3)c2)cc(Nc2cncc3ccccc23)c1=O. The van der Waals surface area contributed by atoms with Gasteiger partial charge in [-0.05, 0) is 61.7 Å². The van der Waals surface area contributed by atoms with E-state index in [1.165, 1.54) is 17.5 Å². The molecule has 1 aliphatic rings. The van der Waals surface area contributed by atoms with Crippen LogP contribution < -0.4 is 16.2 Å². The molecule has 6 rings (SSSR count). The van der Waals surface area contributed by atoms with Gasteiger partial charge in [0.15, 0.2) is 0 Å². The topological polar surface area (TPSA) is 92.2 Å². The molecular weight excluding hydrogens is 536 g/mol. The minimum atomic E-state index is -0.189. The van der Waals surface area contributed by atoms with Crippen LogP contribution in [0.1, 0.15) is 25.3 Å². The molecule has 5 aromatic rings. The average molecular weight is 573 g/mol. The number of aryl methyl sites for hydroxylation is 1. The van der Waals surface area contributed by atoms with Gasteiger partial charge in [-0.1, -0.05) is 66.7 Å². The zero-order valence-corrected chi connectivity index (χ0v) is 24.4. The standard InChI is InChI=1S/C35H36N6O2/c1-2-41-35(43)32(38-33-24-36-23-29-8-3-4-11-30(29)33)22-31(39-41)28-10-7-9-27(21-28)26-14-12-25(13-15-26)20-34(42)37-16-19-40-17-5-6-18-40/h3-4,7-15,21-24,38H,2,5-6,16-20H2,1H3,(H,37,42). The summed E-state index contributed by atoms with van der Waals surface area (Å²) in [5.41, 5.74) is 5.68. The number of fused-ring (bicyclic) bond motifs is 1. The van der Waals surface area contributed by atoms with E-state index in [1.54, 1.807) is 12.3 Å². The van der Waals surface area contributed by atoms with Crippen molar-refractivity contribution in [3.63, 3.8) is 0 Å². The molecule has 2 aromatic heterocycles. The third-order valence-corrected chi connectivity index (χ3v) is 7.97. The Balaban J connectivity index is 1.19. The second-order valence-corrected chi connectivity index (χ2v) is 11.0. The molecule has 0 bridgehead atoms. The molecule has 3 heterocycles. The van der Waals surface area contributed by atoms with Crippen LogP contribution >= 0.6 is 0 Å².